The summed E-state index contributed by atoms with van der Waals surface area (Å²) in [6, 6.07) is 0. The zero-order valence-electron chi connectivity index (χ0n) is 30.9. The fraction of sp³-hybridized carbons (Fsp3) is 0.925. The van der Waals surface area contributed by atoms with Crippen molar-refractivity contribution >= 4 is 17.9 Å². The van der Waals surface area contributed by atoms with Crippen molar-refractivity contribution in [2.45, 2.75) is 226 Å². The van der Waals surface area contributed by atoms with Crippen molar-refractivity contribution in [3.8, 4) is 0 Å². The second-order valence-electron chi connectivity index (χ2n) is 13.6. The number of carbonyl (C=O) groups excluding carboxylic acids is 3. The van der Waals surface area contributed by atoms with Gasteiger partial charge in [-0.15, -0.1) is 0 Å². The van der Waals surface area contributed by atoms with Gasteiger partial charge in [-0.25, -0.2) is 0 Å². The Morgan fingerprint density at radius 3 is 0.870 bits per heavy atom. The summed E-state index contributed by atoms with van der Waals surface area (Å²) < 4.78 is 16.6. The minimum Gasteiger partial charge on any atom is -0.462 e. The molecule has 0 N–H and O–H groups in total. The van der Waals surface area contributed by atoms with Crippen molar-refractivity contribution in [2.24, 2.45) is 0 Å². The lowest BCUT2D eigenvalue weighted by Gasteiger charge is -2.18. The number of carbonyl (C=O) groups is 3. The minimum absolute atomic E-state index is 0.0641. The van der Waals surface area contributed by atoms with Crippen LogP contribution in [0.15, 0.2) is 0 Å². The lowest BCUT2D eigenvalue weighted by Crippen LogP contribution is -2.30. The molecule has 0 amide bonds. The van der Waals surface area contributed by atoms with Gasteiger partial charge >= 0.3 is 17.9 Å². The molecule has 0 spiro atoms. The first-order valence-corrected chi connectivity index (χ1v) is 20.0. The van der Waals surface area contributed by atoms with Gasteiger partial charge in [-0.05, 0) is 19.3 Å². The van der Waals surface area contributed by atoms with Gasteiger partial charge in [-0.3, -0.25) is 14.4 Å². The maximum absolute atomic E-state index is 12.6. The van der Waals surface area contributed by atoms with Crippen LogP contribution in [0.1, 0.15) is 220 Å². The smallest absolute Gasteiger partial charge is 0.306 e. The van der Waals surface area contributed by atoms with E-state index in [9.17, 15) is 14.4 Å². The summed E-state index contributed by atoms with van der Waals surface area (Å²) >= 11 is 0. The number of ether oxygens (including phenoxy) is 3. The summed E-state index contributed by atoms with van der Waals surface area (Å²) in [6.07, 6.45) is 33.7. The Balaban J connectivity index is 4.33. The standard InChI is InChI=1S/C40H76O6/c1-4-7-10-13-16-19-22-24-27-30-33-39(42)45-36-37(46-40(43)34-31-28-25-21-18-15-12-9-6-3)35-44-38(41)32-29-26-23-20-17-14-11-8-5-2/h37H,4-36H2,1-3H3/t37-/m1/s1. The van der Waals surface area contributed by atoms with Crippen molar-refractivity contribution < 1.29 is 28.6 Å². The van der Waals surface area contributed by atoms with Gasteiger partial charge in [0.2, 0.25) is 0 Å². The number of hydrogen-bond acceptors (Lipinski definition) is 6. The van der Waals surface area contributed by atoms with Crippen LogP contribution in [0.25, 0.3) is 0 Å². The van der Waals surface area contributed by atoms with E-state index in [4.69, 9.17) is 14.2 Å². The fourth-order valence-electron chi connectivity index (χ4n) is 5.79. The van der Waals surface area contributed by atoms with E-state index in [1.165, 1.54) is 122 Å². The summed E-state index contributed by atoms with van der Waals surface area (Å²) in [5.41, 5.74) is 0. The minimum atomic E-state index is -0.755. The summed E-state index contributed by atoms with van der Waals surface area (Å²) in [5.74, 6) is -0.867. The Bertz CT molecular complexity index is 679. The zero-order chi connectivity index (χ0) is 33.8. The molecule has 6 heteroatoms. The van der Waals surface area contributed by atoms with Gasteiger partial charge in [0.15, 0.2) is 6.10 Å². The first kappa shape index (κ1) is 44.4. The van der Waals surface area contributed by atoms with Crippen molar-refractivity contribution in [2.75, 3.05) is 13.2 Å². The molecule has 0 saturated carbocycles. The van der Waals surface area contributed by atoms with Crippen LogP contribution in [-0.4, -0.2) is 37.2 Å². The fourth-order valence-corrected chi connectivity index (χ4v) is 5.79. The molecule has 0 aliphatic rings. The van der Waals surface area contributed by atoms with Crippen LogP contribution in [0.4, 0.5) is 0 Å². The molecule has 0 saturated heterocycles. The molecule has 272 valence electrons. The Hall–Kier alpha value is -1.59. The molecule has 0 bridgehead atoms. The van der Waals surface area contributed by atoms with Gasteiger partial charge < -0.3 is 14.2 Å². The predicted molar refractivity (Wildman–Crippen MR) is 192 cm³/mol. The molecule has 0 aromatic heterocycles. The van der Waals surface area contributed by atoms with Gasteiger partial charge in [-0.1, -0.05) is 181 Å². The largest absolute Gasteiger partial charge is 0.462 e. The maximum atomic E-state index is 12.6. The van der Waals surface area contributed by atoms with Crippen LogP contribution in [0.2, 0.25) is 0 Å². The van der Waals surface area contributed by atoms with Crippen molar-refractivity contribution in [1.82, 2.24) is 0 Å². The summed E-state index contributed by atoms with van der Waals surface area (Å²) in [7, 11) is 0. The highest BCUT2D eigenvalue weighted by atomic mass is 16.6. The SMILES string of the molecule is CCCCCCCCCCCCC(=O)OC[C@@H](COC(=O)CCCCCCCCCCC)OC(=O)CCCCCCCCCCC. The summed E-state index contributed by atoms with van der Waals surface area (Å²) in [4.78, 5) is 37.3. The average molecular weight is 653 g/mol. The topological polar surface area (TPSA) is 78.9 Å². The third-order valence-electron chi connectivity index (χ3n) is 8.86. The number of esters is 3. The monoisotopic (exact) mass is 653 g/mol. The number of unbranched alkanes of at least 4 members (excludes halogenated alkanes) is 25. The molecule has 0 aliphatic heterocycles. The molecule has 0 rings (SSSR count). The molecule has 0 aliphatic carbocycles. The van der Waals surface area contributed by atoms with E-state index in [2.05, 4.69) is 20.8 Å². The van der Waals surface area contributed by atoms with Gasteiger partial charge in [0.05, 0.1) is 0 Å². The van der Waals surface area contributed by atoms with Crippen LogP contribution in [0.3, 0.4) is 0 Å². The van der Waals surface area contributed by atoms with E-state index < -0.39 is 6.10 Å². The van der Waals surface area contributed by atoms with E-state index in [-0.39, 0.29) is 31.1 Å². The normalized spacial score (nSPS) is 11.8. The van der Waals surface area contributed by atoms with Crippen LogP contribution in [-0.2, 0) is 28.6 Å². The highest BCUT2D eigenvalue weighted by molar-refractivity contribution is 5.71. The first-order chi connectivity index (χ1) is 22.5. The Morgan fingerprint density at radius 1 is 0.348 bits per heavy atom. The number of rotatable bonds is 36. The Labute approximate surface area is 285 Å². The molecule has 0 unspecified atom stereocenters. The van der Waals surface area contributed by atoms with Gasteiger partial charge in [0.1, 0.15) is 13.2 Å². The zero-order valence-corrected chi connectivity index (χ0v) is 30.9. The van der Waals surface area contributed by atoms with Crippen LogP contribution >= 0.6 is 0 Å². The average Bonchev–Trinajstić information content (AvgIpc) is 3.05. The van der Waals surface area contributed by atoms with Gasteiger partial charge in [0.25, 0.3) is 0 Å². The second-order valence-corrected chi connectivity index (χ2v) is 13.6. The third-order valence-corrected chi connectivity index (χ3v) is 8.86. The lowest BCUT2D eigenvalue weighted by molar-refractivity contribution is -0.167. The van der Waals surface area contributed by atoms with Crippen molar-refractivity contribution in [1.29, 1.82) is 0 Å². The molecule has 46 heavy (non-hydrogen) atoms. The highest BCUT2D eigenvalue weighted by Crippen LogP contribution is 2.14. The molecule has 0 radical (unpaired) electrons. The van der Waals surface area contributed by atoms with E-state index in [1.54, 1.807) is 0 Å². The first-order valence-electron chi connectivity index (χ1n) is 20.0. The number of hydrogen-bond donors (Lipinski definition) is 0. The van der Waals surface area contributed by atoms with Crippen LogP contribution < -0.4 is 0 Å². The molecule has 1 atom stereocenters. The second kappa shape index (κ2) is 36.2. The van der Waals surface area contributed by atoms with E-state index in [0.717, 1.165) is 57.8 Å². The quantitative estimate of drug-likeness (QED) is 0.0381. The molecule has 6 nitrogen and oxygen atoms in total. The van der Waals surface area contributed by atoms with E-state index in [1.807, 2.05) is 0 Å². The molecule has 0 heterocycles. The molecule has 0 aromatic rings. The van der Waals surface area contributed by atoms with E-state index >= 15 is 0 Å². The maximum Gasteiger partial charge on any atom is 0.306 e. The predicted octanol–water partition coefficient (Wildman–Crippen LogP) is 12.1. The highest BCUT2D eigenvalue weighted by Gasteiger charge is 2.19. The molecule has 0 aromatic carbocycles. The Morgan fingerprint density at radius 2 is 0.587 bits per heavy atom. The summed E-state index contributed by atoms with van der Waals surface area (Å²) in [5, 5.41) is 0. The van der Waals surface area contributed by atoms with Crippen LogP contribution in [0.5, 0.6) is 0 Å². The molecule has 0 fully saturated rings. The van der Waals surface area contributed by atoms with E-state index in [0.29, 0.717) is 19.3 Å². The summed E-state index contributed by atoms with van der Waals surface area (Å²) in [6.45, 7) is 6.58. The van der Waals surface area contributed by atoms with Crippen molar-refractivity contribution in [3.05, 3.63) is 0 Å². The van der Waals surface area contributed by atoms with Gasteiger partial charge in [-0.2, -0.15) is 0 Å². The van der Waals surface area contributed by atoms with Gasteiger partial charge in [0, 0.05) is 19.3 Å². The third kappa shape index (κ3) is 33.8. The lowest BCUT2D eigenvalue weighted by atomic mass is 10.1. The Kier molecular flexibility index (Phi) is 35.0. The molecular weight excluding hydrogens is 576 g/mol. The molecular formula is C40H76O6. The van der Waals surface area contributed by atoms with Crippen molar-refractivity contribution in [3.63, 3.8) is 0 Å². The van der Waals surface area contributed by atoms with Crippen LogP contribution in [0, 0.1) is 0 Å².